The second-order valence-electron chi connectivity index (χ2n) is 7.83. The maximum Gasteiger partial charge on any atom is 0.423 e. The molecule has 0 aliphatic rings. The Bertz CT molecular complexity index is 1430. The van der Waals surface area contributed by atoms with Crippen molar-refractivity contribution in [1.29, 1.82) is 0 Å². The van der Waals surface area contributed by atoms with Crippen LogP contribution in [0.4, 0.5) is 18.9 Å². The maximum absolute atomic E-state index is 13.9. The Hall–Kier alpha value is -4.07. The normalized spacial score (nSPS) is 11.5. The van der Waals surface area contributed by atoms with Crippen LogP contribution < -0.4 is 10.7 Å². The Labute approximate surface area is 192 Å². The molecule has 0 atom stereocenters. The predicted molar refractivity (Wildman–Crippen MR) is 123 cm³/mol. The molecule has 2 N–H and O–H groups in total. The number of carboxylic acid groups (broad SMARTS) is 1. The van der Waals surface area contributed by atoms with E-state index in [-0.39, 0.29) is 35.1 Å². The molecule has 0 aliphatic heterocycles. The molecule has 0 bridgehead atoms. The van der Waals surface area contributed by atoms with E-state index in [2.05, 4.69) is 5.32 Å². The number of rotatable bonds is 6. The number of para-hydroxylation sites is 1. The zero-order valence-corrected chi connectivity index (χ0v) is 18.1. The molecule has 0 spiro atoms. The van der Waals surface area contributed by atoms with Gasteiger partial charge in [0.1, 0.15) is 11.1 Å². The summed E-state index contributed by atoms with van der Waals surface area (Å²) in [5.41, 5.74) is -0.579. The summed E-state index contributed by atoms with van der Waals surface area (Å²) in [5, 5.41) is 12.2. The minimum atomic E-state index is -4.90. The molecule has 174 valence electrons. The first-order valence-corrected chi connectivity index (χ1v) is 10.5. The maximum atomic E-state index is 13.9. The lowest BCUT2D eigenvalue weighted by molar-refractivity contribution is -0.138. The number of halogens is 3. The standard InChI is InChI=1S/C26H20F3NO4/c1-15-13-17(11-12-30-20-10-6-5-9-18(20)25(32)33)23-19(14-15)22(31)21(26(27,28)29)24(34-23)16-7-3-2-4-8-16/h2-10,13-14,30H,11-12H2,1H3,(H,32,33). The molecule has 0 unspecified atom stereocenters. The van der Waals surface area contributed by atoms with E-state index in [0.717, 1.165) is 0 Å². The van der Waals surface area contributed by atoms with Crippen molar-refractivity contribution in [2.24, 2.45) is 0 Å². The highest BCUT2D eigenvalue weighted by molar-refractivity contribution is 5.94. The van der Waals surface area contributed by atoms with E-state index in [1.807, 2.05) is 0 Å². The van der Waals surface area contributed by atoms with Gasteiger partial charge in [0.15, 0.2) is 5.76 Å². The molecular formula is C26H20F3NO4. The van der Waals surface area contributed by atoms with Crippen LogP contribution in [0.3, 0.4) is 0 Å². The first-order chi connectivity index (χ1) is 16.2. The number of carboxylic acids is 1. The van der Waals surface area contributed by atoms with E-state index in [9.17, 15) is 27.9 Å². The van der Waals surface area contributed by atoms with E-state index < -0.39 is 28.9 Å². The van der Waals surface area contributed by atoms with Crippen LogP contribution in [-0.4, -0.2) is 17.6 Å². The number of hydrogen-bond donors (Lipinski definition) is 2. The van der Waals surface area contributed by atoms with E-state index in [1.54, 1.807) is 49.4 Å². The molecule has 1 aromatic heterocycles. The lowest BCUT2D eigenvalue weighted by Crippen LogP contribution is -2.21. The molecule has 4 aromatic rings. The summed E-state index contributed by atoms with van der Waals surface area (Å²) in [5.74, 6) is -1.61. The summed E-state index contributed by atoms with van der Waals surface area (Å²) in [6.45, 7) is 1.96. The highest BCUT2D eigenvalue weighted by Crippen LogP contribution is 2.37. The molecule has 8 heteroatoms. The minimum Gasteiger partial charge on any atom is -0.478 e. The first kappa shape index (κ1) is 23.1. The second-order valence-corrected chi connectivity index (χ2v) is 7.83. The highest BCUT2D eigenvalue weighted by Gasteiger charge is 2.39. The number of carbonyl (C=O) groups is 1. The van der Waals surface area contributed by atoms with Gasteiger partial charge in [-0.1, -0.05) is 48.5 Å². The molecular weight excluding hydrogens is 447 g/mol. The third-order valence-electron chi connectivity index (χ3n) is 5.40. The number of nitrogens with one attached hydrogen (secondary N) is 1. The summed E-state index contributed by atoms with van der Waals surface area (Å²) in [6, 6.07) is 17.2. The largest absolute Gasteiger partial charge is 0.478 e. The molecule has 3 aromatic carbocycles. The van der Waals surface area contributed by atoms with Crippen molar-refractivity contribution in [1.82, 2.24) is 0 Å². The zero-order valence-electron chi connectivity index (χ0n) is 18.1. The zero-order chi connectivity index (χ0) is 24.5. The van der Waals surface area contributed by atoms with Gasteiger partial charge in [0, 0.05) is 17.8 Å². The van der Waals surface area contributed by atoms with E-state index >= 15 is 0 Å². The van der Waals surface area contributed by atoms with Crippen molar-refractivity contribution < 1.29 is 27.5 Å². The number of aromatic carboxylic acids is 1. The first-order valence-electron chi connectivity index (χ1n) is 10.5. The van der Waals surface area contributed by atoms with Gasteiger partial charge in [-0.25, -0.2) is 4.79 Å². The molecule has 0 aliphatic carbocycles. The Morgan fingerprint density at radius 3 is 2.38 bits per heavy atom. The van der Waals surface area contributed by atoms with E-state index in [4.69, 9.17) is 4.42 Å². The van der Waals surface area contributed by atoms with Crippen LogP contribution in [-0.2, 0) is 12.6 Å². The quantitative estimate of drug-likeness (QED) is 0.356. The van der Waals surface area contributed by atoms with Gasteiger partial charge in [-0.15, -0.1) is 0 Å². The van der Waals surface area contributed by atoms with Gasteiger partial charge in [0.25, 0.3) is 0 Å². The van der Waals surface area contributed by atoms with Crippen molar-refractivity contribution in [3.05, 3.63) is 99.2 Å². The van der Waals surface area contributed by atoms with Crippen molar-refractivity contribution in [3.8, 4) is 11.3 Å². The van der Waals surface area contributed by atoms with Gasteiger partial charge >= 0.3 is 12.1 Å². The van der Waals surface area contributed by atoms with Gasteiger partial charge in [0.2, 0.25) is 5.43 Å². The lowest BCUT2D eigenvalue weighted by Gasteiger charge is -2.15. The molecule has 0 radical (unpaired) electrons. The SMILES string of the molecule is Cc1cc(CCNc2ccccc2C(=O)O)c2oc(-c3ccccc3)c(C(F)(F)F)c(=O)c2c1. The fraction of sp³-hybridized carbons (Fsp3) is 0.154. The van der Waals surface area contributed by atoms with Crippen LogP contribution in [0.15, 0.2) is 75.9 Å². The number of hydrogen-bond acceptors (Lipinski definition) is 4. The Balaban J connectivity index is 1.80. The topological polar surface area (TPSA) is 79.5 Å². The number of aryl methyl sites for hydroxylation is 1. The van der Waals surface area contributed by atoms with Gasteiger partial charge in [-0.05, 0) is 42.7 Å². The van der Waals surface area contributed by atoms with Crippen LogP contribution in [0.25, 0.3) is 22.3 Å². The molecule has 0 fully saturated rings. The van der Waals surface area contributed by atoms with E-state index in [1.165, 1.54) is 24.3 Å². The summed E-state index contributed by atoms with van der Waals surface area (Å²) >= 11 is 0. The monoisotopic (exact) mass is 467 g/mol. The van der Waals surface area contributed by atoms with Gasteiger partial charge in [-0.3, -0.25) is 4.79 Å². The van der Waals surface area contributed by atoms with Crippen LogP contribution >= 0.6 is 0 Å². The summed E-state index contributed by atoms with van der Waals surface area (Å²) in [4.78, 5) is 24.4. The lowest BCUT2D eigenvalue weighted by atomic mass is 9.99. The van der Waals surface area contributed by atoms with Crippen molar-refractivity contribution >= 4 is 22.6 Å². The predicted octanol–water partition coefficient (Wildman–Crippen LogP) is 6.14. The number of fused-ring (bicyclic) bond motifs is 1. The van der Waals surface area contributed by atoms with Crippen LogP contribution in [0.5, 0.6) is 0 Å². The van der Waals surface area contributed by atoms with Gasteiger partial charge in [-0.2, -0.15) is 13.2 Å². The third kappa shape index (κ3) is 4.52. The number of alkyl halides is 3. The van der Waals surface area contributed by atoms with Crippen molar-refractivity contribution in [2.45, 2.75) is 19.5 Å². The molecule has 5 nitrogen and oxygen atoms in total. The van der Waals surface area contributed by atoms with Crippen LogP contribution in [0, 0.1) is 6.92 Å². The van der Waals surface area contributed by atoms with E-state index in [0.29, 0.717) is 16.8 Å². The summed E-state index contributed by atoms with van der Waals surface area (Å²) < 4.78 is 47.5. The Morgan fingerprint density at radius 2 is 1.71 bits per heavy atom. The van der Waals surface area contributed by atoms with Crippen molar-refractivity contribution in [3.63, 3.8) is 0 Å². The fourth-order valence-corrected chi connectivity index (χ4v) is 3.92. The number of anilines is 1. The van der Waals surface area contributed by atoms with Crippen LogP contribution in [0.2, 0.25) is 0 Å². The van der Waals surface area contributed by atoms with Gasteiger partial charge < -0.3 is 14.8 Å². The molecule has 0 amide bonds. The molecule has 0 saturated carbocycles. The van der Waals surface area contributed by atoms with Crippen LogP contribution in [0.1, 0.15) is 27.0 Å². The Morgan fingerprint density at radius 1 is 1.03 bits per heavy atom. The molecule has 1 heterocycles. The second kappa shape index (κ2) is 9.05. The average molecular weight is 467 g/mol. The smallest absolute Gasteiger partial charge is 0.423 e. The molecule has 0 saturated heterocycles. The average Bonchev–Trinajstić information content (AvgIpc) is 2.79. The third-order valence-corrected chi connectivity index (χ3v) is 5.40. The molecule has 4 rings (SSSR count). The van der Waals surface area contributed by atoms with Gasteiger partial charge in [0.05, 0.1) is 10.9 Å². The summed E-state index contributed by atoms with van der Waals surface area (Å²) in [6.07, 6.45) is -4.61. The molecule has 34 heavy (non-hydrogen) atoms. The van der Waals surface area contributed by atoms with Crippen molar-refractivity contribution in [2.75, 3.05) is 11.9 Å². The number of benzene rings is 3. The minimum absolute atomic E-state index is 0.0794. The highest BCUT2D eigenvalue weighted by atomic mass is 19.4. The fourth-order valence-electron chi connectivity index (χ4n) is 3.92. The summed E-state index contributed by atoms with van der Waals surface area (Å²) in [7, 11) is 0. The Kier molecular flexibility index (Phi) is 6.15.